The van der Waals surface area contributed by atoms with Crippen molar-refractivity contribution in [3.63, 3.8) is 0 Å². The highest BCUT2D eigenvalue weighted by molar-refractivity contribution is 7.99. The van der Waals surface area contributed by atoms with E-state index in [1.807, 2.05) is 23.9 Å². The summed E-state index contributed by atoms with van der Waals surface area (Å²) in [6.45, 7) is 11.1. The Labute approximate surface area is 172 Å². The maximum atomic E-state index is 5.63. The molecule has 0 aromatic carbocycles. The molecular weight excluding hydrogens is 370 g/mol. The van der Waals surface area contributed by atoms with E-state index < -0.39 is 0 Å². The minimum atomic E-state index is 0.688. The van der Waals surface area contributed by atoms with E-state index in [4.69, 9.17) is 4.42 Å². The molecule has 0 aliphatic carbocycles. The van der Waals surface area contributed by atoms with E-state index in [1.165, 1.54) is 38.8 Å². The molecule has 0 amide bonds. The highest BCUT2D eigenvalue weighted by Gasteiger charge is 2.27. The molecule has 0 radical (unpaired) electrons. The van der Waals surface area contributed by atoms with E-state index >= 15 is 0 Å². The van der Waals surface area contributed by atoms with Crippen molar-refractivity contribution in [1.29, 1.82) is 0 Å². The summed E-state index contributed by atoms with van der Waals surface area (Å²) in [5, 5.41) is 10.2. The van der Waals surface area contributed by atoms with Crippen LogP contribution in [-0.4, -0.2) is 58.1 Å². The number of piperidine rings is 2. The van der Waals surface area contributed by atoms with Crippen LogP contribution in [0.4, 0.5) is 5.95 Å². The van der Waals surface area contributed by atoms with E-state index in [1.54, 1.807) is 6.26 Å². The average Bonchev–Trinajstić information content (AvgIpc) is 3.33. The van der Waals surface area contributed by atoms with Gasteiger partial charge in [0.15, 0.2) is 5.16 Å². The molecule has 0 spiro atoms. The summed E-state index contributed by atoms with van der Waals surface area (Å²) in [4.78, 5) is 5.00. The Kier molecular flexibility index (Phi) is 6.62. The van der Waals surface area contributed by atoms with Crippen molar-refractivity contribution in [1.82, 2.24) is 19.7 Å². The molecule has 2 aliphatic rings. The SMILES string of the molecule is CC1CC(C)CN(c2nnc(SCCN3CCCCC3)n2Cc2ccco2)C1. The highest BCUT2D eigenvalue weighted by atomic mass is 32.2. The molecule has 4 heterocycles. The fraction of sp³-hybridized carbons (Fsp3) is 0.714. The Bertz CT molecular complexity index is 715. The maximum absolute atomic E-state index is 5.63. The lowest BCUT2D eigenvalue weighted by Gasteiger charge is -2.35. The number of likely N-dealkylation sites (tertiary alicyclic amines) is 1. The molecular formula is C21H33N5OS. The van der Waals surface area contributed by atoms with Gasteiger partial charge in [-0.25, -0.2) is 0 Å². The van der Waals surface area contributed by atoms with Gasteiger partial charge in [0.05, 0.1) is 12.8 Å². The summed E-state index contributed by atoms with van der Waals surface area (Å²) < 4.78 is 7.89. The number of furan rings is 1. The molecule has 2 fully saturated rings. The number of nitrogens with zero attached hydrogens (tertiary/aromatic N) is 5. The molecule has 28 heavy (non-hydrogen) atoms. The number of thioether (sulfide) groups is 1. The maximum Gasteiger partial charge on any atom is 0.228 e. The molecule has 2 atom stereocenters. The molecule has 6 nitrogen and oxygen atoms in total. The second kappa shape index (κ2) is 9.35. The lowest BCUT2D eigenvalue weighted by Crippen LogP contribution is -2.40. The third kappa shape index (κ3) is 4.92. The van der Waals surface area contributed by atoms with Crippen LogP contribution >= 0.6 is 11.8 Å². The summed E-state index contributed by atoms with van der Waals surface area (Å²) in [5.74, 6) is 4.39. The molecule has 7 heteroatoms. The van der Waals surface area contributed by atoms with Crippen molar-refractivity contribution >= 4 is 17.7 Å². The van der Waals surface area contributed by atoms with Gasteiger partial charge in [-0.3, -0.25) is 4.57 Å². The van der Waals surface area contributed by atoms with Crippen molar-refractivity contribution in [3.8, 4) is 0 Å². The summed E-state index contributed by atoms with van der Waals surface area (Å²) >= 11 is 1.83. The first kappa shape index (κ1) is 19.8. The van der Waals surface area contributed by atoms with E-state index in [0.29, 0.717) is 18.4 Å². The Morgan fingerprint density at radius 2 is 1.89 bits per heavy atom. The number of aromatic nitrogens is 3. The molecule has 0 saturated carbocycles. The molecule has 2 aromatic rings. The van der Waals surface area contributed by atoms with Crippen LogP contribution < -0.4 is 4.90 Å². The topological polar surface area (TPSA) is 50.3 Å². The van der Waals surface area contributed by atoms with Crippen molar-refractivity contribution in [2.45, 2.75) is 51.2 Å². The number of anilines is 1. The van der Waals surface area contributed by atoms with Gasteiger partial charge in [-0.1, -0.05) is 32.0 Å². The zero-order valence-electron chi connectivity index (χ0n) is 17.2. The number of hydrogen-bond acceptors (Lipinski definition) is 6. The average molecular weight is 404 g/mol. The molecule has 2 aromatic heterocycles. The van der Waals surface area contributed by atoms with Crippen LogP contribution in [0.15, 0.2) is 28.0 Å². The van der Waals surface area contributed by atoms with Gasteiger partial charge in [-0.05, 0) is 56.3 Å². The fourth-order valence-electron chi connectivity index (χ4n) is 4.59. The largest absolute Gasteiger partial charge is 0.467 e. The molecule has 2 aliphatic heterocycles. The Morgan fingerprint density at radius 1 is 1.11 bits per heavy atom. The van der Waals surface area contributed by atoms with E-state index in [9.17, 15) is 0 Å². The number of hydrogen-bond donors (Lipinski definition) is 0. The second-order valence-electron chi connectivity index (χ2n) is 8.55. The van der Waals surface area contributed by atoms with Crippen molar-refractivity contribution < 1.29 is 4.42 Å². The third-order valence-electron chi connectivity index (χ3n) is 5.83. The predicted octanol–water partition coefficient (Wildman–Crippen LogP) is 3.98. The van der Waals surface area contributed by atoms with Crippen LogP contribution in [0.5, 0.6) is 0 Å². The third-order valence-corrected chi connectivity index (χ3v) is 6.78. The molecule has 2 saturated heterocycles. The van der Waals surface area contributed by atoms with Crippen LogP contribution in [0.25, 0.3) is 0 Å². The summed E-state index contributed by atoms with van der Waals surface area (Å²) in [6.07, 6.45) is 7.11. The fourth-order valence-corrected chi connectivity index (χ4v) is 5.53. The van der Waals surface area contributed by atoms with Gasteiger partial charge < -0.3 is 14.2 Å². The predicted molar refractivity (Wildman–Crippen MR) is 114 cm³/mol. The summed E-state index contributed by atoms with van der Waals surface area (Å²) in [7, 11) is 0. The first-order chi connectivity index (χ1) is 13.7. The highest BCUT2D eigenvalue weighted by Crippen LogP contribution is 2.29. The van der Waals surface area contributed by atoms with Gasteiger partial charge in [-0.15, -0.1) is 10.2 Å². The van der Waals surface area contributed by atoms with Crippen molar-refractivity contribution in [3.05, 3.63) is 24.2 Å². The normalized spacial score (nSPS) is 24.0. The van der Waals surface area contributed by atoms with Gasteiger partial charge in [0.25, 0.3) is 0 Å². The zero-order chi connectivity index (χ0) is 19.3. The van der Waals surface area contributed by atoms with Gasteiger partial charge in [-0.2, -0.15) is 0 Å². The van der Waals surface area contributed by atoms with Crippen molar-refractivity contribution in [2.24, 2.45) is 11.8 Å². The Balaban J connectivity index is 1.47. The monoisotopic (exact) mass is 403 g/mol. The standard InChI is InChI=1S/C21H33N5OS/c1-17-13-18(2)15-25(14-17)20-22-23-21(26(20)16-19-7-6-11-27-19)28-12-10-24-8-4-3-5-9-24/h6-7,11,17-18H,3-5,8-10,12-16H2,1-2H3. The van der Waals surface area contributed by atoms with Crippen molar-refractivity contribution in [2.75, 3.05) is 43.4 Å². The van der Waals surface area contributed by atoms with E-state index in [0.717, 1.165) is 42.3 Å². The van der Waals surface area contributed by atoms with Gasteiger partial charge in [0, 0.05) is 25.4 Å². The Morgan fingerprint density at radius 3 is 2.61 bits per heavy atom. The lowest BCUT2D eigenvalue weighted by molar-refractivity contribution is 0.242. The molecule has 0 N–H and O–H groups in total. The Hall–Kier alpha value is -1.47. The van der Waals surface area contributed by atoms with Crippen LogP contribution in [0.3, 0.4) is 0 Å². The van der Waals surface area contributed by atoms with Crippen LogP contribution in [0.1, 0.15) is 45.3 Å². The zero-order valence-corrected chi connectivity index (χ0v) is 18.0. The molecule has 154 valence electrons. The smallest absolute Gasteiger partial charge is 0.228 e. The quantitative estimate of drug-likeness (QED) is 0.652. The van der Waals surface area contributed by atoms with Crippen LogP contribution in [-0.2, 0) is 6.54 Å². The number of rotatable bonds is 7. The molecule has 2 unspecified atom stereocenters. The molecule has 4 rings (SSSR count). The summed E-state index contributed by atoms with van der Waals surface area (Å²) in [6, 6.07) is 3.99. The minimum absolute atomic E-state index is 0.688. The summed E-state index contributed by atoms with van der Waals surface area (Å²) in [5.41, 5.74) is 0. The van der Waals surface area contributed by atoms with E-state index in [2.05, 4.69) is 38.4 Å². The first-order valence-electron chi connectivity index (χ1n) is 10.7. The first-order valence-corrected chi connectivity index (χ1v) is 11.7. The van der Waals surface area contributed by atoms with Gasteiger partial charge >= 0.3 is 0 Å². The molecule has 0 bridgehead atoms. The minimum Gasteiger partial charge on any atom is -0.467 e. The van der Waals surface area contributed by atoms with Gasteiger partial charge in [0.1, 0.15) is 5.76 Å². The van der Waals surface area contributed by atoms with E-state index in [-0.39, 0.29) is 0 Å². The van der Waals surface area contributed by atoms with Crippen LogP contribution in [0, 0.1) is 11.8 Å². The lowest BCUT2D eigenvalue weighted by atomic mass is 9.92. The van der Waals surface area contributed by atoms with Gasteiger partial charge in [0.2, 0.25) is 5.95 Å². The second-order valence-corrected chi connectivity index (χ2v) is 9.61. The van der Waals surface area contributed by atoms with Crippen LogP contribution in [0.2, 0.25) is 0 Å².